The van der Waals surface area contributed by atoms with E-state index in [0.717, 1.165) is 28.0 Å². The zero-order valence-electron chi connectivity index (χ0n) is 16.3. The molecular weight excluding hydrogens is 406 g/mol. The maximum absolute atomic E-state index is 12.6. The first-order chi connectivity index (χ1) is 15.0. The van der Waals surface area contributed by atoms with Crippen molar-refractivity contribution in [2.75, 3.05) is 5.73 Å². The van der Waals surface area contributed by atoms with Gasteiger partial charge in [0.25, 0.3) is 5.89 Å². The first-order valence-corrected chi connectivity index (χ1v) is 9.32. The lowest BCUT2D eigenvalue weighted by molar-refractivity contribution is 0.116. The molecule has 2 N–H and O–H groups in total. The van der Waals surface area contributed by atoms with Gasteiger partial charge in [0.2, 0.25) is 11.8 Å². The van der Waals surface area contributed by atoms with E-state index in [0.29, 0.717) is 17.9 Å². The number of nitrogens with zero attached hydrogens (tertiary/aromatic N) is 7. The van der Waals surface area contributed by atoms with Gasteiger partial charge in [-0.25, -0.2) is 9.67 Å². The van der Waals surface area contributed by atoms with E-state index in [1.165, 1.54) is 0 Å². The van der Waals surface area contributed by atoms with Crippen LogP contribution >= 0.6 is 0 Å². The standard InChI is InChI=1S/C20H16F2N8O/c1-29-16-7-6-14(9-15(16)24-20(29)23)30-10-13(25-28-30)8-11-2-4-12(5-3-11)18-26-27-19(31-18)17(21)22/h2-7,9-10,17H,8H2,1H3,(H2,23,24). The summed E-state index contributed by atoms with van der Waals surface area (Å²) in [6, 6.07) is 12.9. The van der Waals surface area contributed by atoms with E-state index < -0.39 is 12.3 Å². The van der Waals surface area contributed by atoms with Crippen LogP contribution in [0.3, 0.4) is 0 Å². The van der Waals surface area contributed by atoms with Crippen molar-refractivity contribution >= 4 is 17.0 Å². The van der Waals surface area contributed by atoms with Gasteiger partial charge in [-0.15, -0.1) is 15.3 Å². The van der Waals surface area contributed by atoms with Crippen molar-refractivity contribution in [2.45, 2.75) is 12.8 Å². The summed E-state index contributed by atoms with van der Waals surface area (Å²) in [5.74, 6) is -0.193. The molecule has 3 aromatic heterocycles. The molecule has 0 aliphatic rings. The Hall–Kier alpha value is -4.15. The molecule has 0 saturated heterocycles. The quantitative estimate of drug-likeness (QED) is 0.462. The normalized spacial score (nSPS) is 11.6. The molecule has 0 unspecified atom stereocenters. The number of aromatic nitrogens is 7. The number of anilines is 1. The molecule has 3 heterocycles. The molecule has 0 atom stereocenters. The second-order valence-corrected chi connectivity index (χ2v) is 6.98. The highest BCUT2D eigenvalue weighted by atomic mass is 19.3. The van der Waals surface area contributed by atoms with Crippen LogP contribution in [0.4, 0.5) is 14.7 Å². The van der Waals surface area contributed by atoms with E-state index in [1.54, 1.807) is 16.8 Å². The Morgan fingerprint density at radius 1 is 1.06 bits per heavy atom. The number of benzene rings is 2. The molecule has 2 aromatic carbocycles. The molecule has 0 saturated carbocycles. The Balaban J connectivity index is 1.33. The first kappa shape index (κ1) is 18.9. The lowest BCUT2D eigenvalue weighted by Gasteiger charge is -2.01. The van der Waals surface area contributed by atoms with E-state index >= 15 is 0 Å². The van der Waals surface area contributed by atoms with E-state index in [1.807, 2.05) is 48.1 Å². The minimum atomic E-state index is -2.79. The van der Waals surface area contributed by atoms with Gasteiger partial charge in [0.05, 0.1) is 28.6 Å². The Morgan fingerprint density at radius 2 is 1.87 bits per heavy atom. The number of alkyl halides is 2. The minimum Gasteiger partial charge on any atom is -0.415 e. The van der Waals surface area contributed by atoms with Crippen LogP contribution in [0.2, 0.25) is 0 Å². The van der Waals surface area contributed by atoms with Gasteiger partial charge < -0.3 is 14.7 Å². The number of halogens is 2. The van der Waals surface area contributed by atoms with Crippen LogP contribution in [0.5, 0.6) is 0 Å². The fourth-order valence-corrected chi connectivity index (χ4v) is 3.27. The fourth-order valence-electron chi connectivity index (χ4n) is 3.27. The molecule has 0 radical (unpaired) electrons. The predicted molar refractivity (Wildman–Crippen MR) is 108 cm³/mol. The number of hydrogen-bond donors (Lipinski definition) is 1. The van der Waals surface area contributed by atoms with E-state index in [2.05, 4.69) is 25.5 Å². The van der Waals surface area contributed by atoms with Gasteiger partial charge in [-0.1, -0.05) is 17.3 Å². The topological polar surface area (TPSA) is 113 Å². The minimum absolute atomic E-state index is 0.0540. The van der Waals surface area contributed by atoms with Crippen LogP contribution in [-0.4, -0.2) is 34.7 Å². The molecule has 0 spiro atoms. The molecule has 156 valence electrons. The van der Waals surface area contributed by atoms with Gasteiger partial charge in [0.1, 0.15) is 0 Å². The molecule has 0 aliphatic carbocycles. The van der Waals surface area contributed by atoms with Crippen LogP contribution in [-0.2, 0) is 13.5 Å². The van der Waals surface area contributed by atoms with Crippen molar-refractivity contribution < 1.29 is 13.2 Å². The van der Waals surface area contributed by atoms with E-state index in [4.69, 9.17) is 10.2 Å². The van der Waals surface area contributed by atoms with Crippen molar-refractivity contribution in [1.82, 2.24) is 34.7 Å². The summed E-state index contributed by atoms with van der Waals surface area (Å²) in [7, 11) is 1.86. The SMILES string of the molecule is Cn1c(N)nc2cc(-n3cc(Cc4ccc(-c5nnc(C(F)F)o5)cc4)nn3)ccc21. The van der Waals surface area contributed by atoms with Gasteiger partial charge in [-0.3, -0.25) is 0 Å². The summed E-state index contributed by atoms with van der Waals surface area (Å²) in [6.07, 6.45) is -0.404. The average Bonchev–Trinajstić information content (AvgIpc) is 3.49. The number of rotatable bonds is 5. The van der Waals surface area contributed by atoms with Crippen LogP contribution < -0.4 is 5.73 Å². The zero-order chi connectivity index (χ0) is 21.5. The predicted octanol–water partition coefficient (Wildman–Crippen LogP) is 3.31. The van der Waals surface area contributed by atoms with Crippen molar-refractivity contribution in [3.8, 4) is 17.1 Å². The lowest BCUT2D eigenvalue weighted by Crippen LogP contribution is -1.96. The summed E-state index contributed by atoms with van der Waals surface area (Å²) in [5, 5.41) is 15.4. The maximum atomic E-state index is 12.6. The smallest absolute Gasteiger partial charge is 0.314 e. The summed E-state index contributed by atoms with van der Waals surface area (Å²) in [6.45, 7) is 0. The average molecular weight is 422 g/mol. The summed E-state index contributed by atoms with van der Waals surface area (Å²) >= 11 is 0. The summed E-state index contributed by atoms with van der Waals surface area (Å²) in [4.78, 5) is 4.34. The van der Waals surface area contributed by atoms with Gasteiger partial charge in [-0.2, -0.15) is 8.78 Å². The lowest BCUT2D eigenvalue weighted by atomic mass is 10.1. The number of nitrogens with two attached hydrogens (primary N) is 1. The molecule has 0 bridgehead atoms. The molecular formula is C20H16F2N8O. The third-order valence-electron chi connectivity index (χ3n) is 4.92. The first-order valence-electron chi connectivity index (χ1n) is 9.32. The third kappa shape index (κ3) is 3.50. The zero-order valence-corrected chi connectivity index (χ0v) is 16.3. The Labute approximate surface area is 174 Å². The second-order valence-electron chi connectivity index (χ2n) is 6.98. The van der Waals surface area contributed by atoms with Gasteiger partial charge in [-0.05, 0) is 35.9 Å². The second kappa shape index (κ2) is 7.27. The monoisotopic (exact) mass is 422 g/mol. The number of imidazole rings is 1. The number of nitrogen functional groups attached to an aromatic ring is 1. The van der Waals surface area contributed by atoms with E-state index in [-0.39, 0.29) is 5.89 Å². The van der Waals surface area contributed by atoms with Gasteiger partial charge in [0.15, 0.2) is 0 Å². The van der Waals surface area contributed by atoms with Crippen LogP contribution in [0.25, 0.3) is 28.2 Å². The van der Waals surface area contributed by atoms with Gasteiger partial charge >= 0.3 is 6.43 Å². The third-order valence-corrected chi connectivity index (χ3v) is 4.92. The highest BCUT2D eigenvalue weighted by Gasteiger charge is 2.17. The number of hydrogen-bond acceptors (Lipinski definition) is 7. The number of aryl methyl sites for hydroxylation is 1. The molecule has 5 aromatic rings. The van der Waals surface area contributed by atoms with Crippen LogP contribution in [0, 0.1) is 0 Å². The van der Waals surface area contributed by atoms with Crippen molar-refractivity contribution in [3.63, 3.8) is 0 Å². The van der Waals surface area contributed by atoms with Crippen molar-refractivity contribution in [2.24, 2.45) is 7.05 Å². The Kier molecular flexibility index (Phi) is 4.42. The molecule has 11 heteroatoms. The molecule has 5 rings (SSSR count). The maximum Gasteiger partial charge on any atom is 0.314 e. The number of fused-ring (bicyclic) bond motifs is 1. The summed E-state index contributed by atoms with van der Waals surface area (Å²) in [5.41, 5.74) is 10.7. The van der Waals surface area contributed by atoms with Crippen molar-refractivity contribution in [3.05, 3.63) is 65.8 Å². The fraction of sp³-hybridized carbons (Fsp3) is 0.150. The van der Waals surface area contributed by atoms with Crippen molar-refractivity contribution in [1.29, 1.82) is 0 Å². The van der Waals surface area contributed by atoms with Crippen LogP contribution in [0.15, 0.2) is 53.1 Å². The Bertz CT molecular complexity index is 1370. The highest BCUT2D eigenvalue weighted by molar-refractivity contribution is 5.80. The molecule has 0 fully saturated rings. The Morgan fingerprint density at radius 3 is 2.61 bits per heavy atom. The highest BCUT2D eigenvalue weighted by Crippen LogP contribution is 2.24. The molecule has 0 aliphatic heterocycles. The van der Waals surface area contributed by atoms with Crippen LogP contribution in [0.1, 0.15) is 23.6 Å². The van der Waals surface area contributed by atoms with E-state index in [9.17, 15) is 8.78 Å². The molecule has 9 nitrogen and oxygen atoms in total. The molecule has 0 amide bonds. The molecule has 31 heavy (non-hydrogen) atoms. The summed E-state index contributed by atoms with van der Waals surface area (Å²) < 4.78 is 33.7. The largest absolute Gasteiger partial charge is 0.415 e. The van der Waals surface area contributed by atoms with Gasteiger partial charge in [0, 0.05) is 19.0 Å².